The second-order valence-corrected chi connectivity index (χ2v) is 3.00. The Balaban J connectivity index is 2.22. The van der Waals surface area contributed by atoms with E-state index in [-0.39, 0.29) is 12.5 Å². The topological polar surface area (TPSA) is 59.1 Å². The van der Waals surface area contributed by atoms with E-state index >= 15 is 0 Å². The summed E-state index contributed by atoms with van der Waals surface area (Å²) in [6.07, 6.45) is -0.431. The van der Waals surface area contributed by atoms with Crippen LogP contribution in [0.2, 0.25) is 0 Å². The van der Waals surface area contributed by atoms with Gasteiger partial charge in [-0.3, -0.25) is 4.79 Å². The SMILES string of the molecule is CCN(CC)C(=O)COC(=O)C1CO1. The third-order valence-corrected chi connectivity index (χ3v) is 2.05. The van der Waals surface area contributed by atoms with E-state index in [1.165, 1.54) is 0 Å². The van der Waals surface area contributed by atoms with E-state index in [2.05, 4.69) is 0 Å². The van der Waals surface area contributed by atoms with E-state index in [0.29, 0.717) is 19.7 Å². The number of esters is 1. The van der Waals surface area contributed by atoms with Crippen LogP contribution >= 0.6 is 0 Å². The molecule has 1 amide bonds. The van der Waals surface area contributed by atoms with Gasteiger partial charge >= 0.3 is 5.97 Å². The van der Waals surface area contributed by atoms with Gasteiger partial charge in [-0.2, -0.15) is 0 Å². The highest BCUT2D eigenvalue weighted by atomic mass is 16.6. The molecule has 0 spiro atoms. The Hall–Kier alpha value is -1.10. The van der Waals surface area contributed by atoms with E-state index in [4.69, 9.17) is 9.47 Å². The van der Waals surface area contributed by atoms with Gasteiger partial charge in [0.2, 0.25) is 0 Å². The van der Waals surface area contributed by atoms with E-state index in [0.717, 1.165) is 0 Å². The van der Waals surface area contributed by atoms with Gasteiger partial charge < -0.3 is 14.4 Å². The predicted molar refractivity (Wildman–Crippen MR) is 48.6 cm³/mol. The fraction of sp³-hybridized carbons (Fsp3) is 0.778. The Labute approximate surface area is 83.0 Å². The number of likely N-dealkylation sites (N-methyl/N-ethyl adjacent to an activating group) is 1. The van der Waals surface area contributed by atoms with Crippen molar-refractivity contribution < 1.29 is 19.1 Å². The number of carbonyl (C=O) groups excluding carboxylic acids is 2. The predicted octanol–water partition coefficient (Wildman–Crippen LogP) is -0.203. The lowest BCUT2D eigenvalue weighted by Crippen LogP contribution is -2.34. The fourth-order valence-corrected chi connectivity index (χ4v) is 1.08. The minimum atomic E-state index is -0.439. The zero-order valence-electron chi connectivity index (χ0n) is 8.49. The zero-order valence-corrected chi connectivity index (χ0v) is 8.49. The molecule has 0 aromatic heterocycles. The Morgan fingerprint density at radius 3 is 2.43 bits per heavy atom. The number of ether oxygens (including phenoxy) is 2. The summed E-state index contributed by atoms with van der Waals surface area (Å²) in [7, 11) is 0. The quantitative estimate of drug-likeness (QED) is 0.456. The van der Waals surface area contributed by atoms with Crippen LogP contribution in [-0.4, -0.2) is 49.2 Å². The maximum atomic E-state index is 11.4. The van der Waals surface area contributed by atoms with Crippen molar-refractivity contribution in [1.82, 2.24) is 4.90 Å². The molecule has 0 radical (unpaired) electrons. The number of hydrogen-bond acceptors (Lipinski definition) is 4. The number of nitrogens with zero attached hydrogens (tertiary/aromatic N) is 1. The standard InChI is InChI=1S/C9H15NO4/c1-3-10(4-2)8(11)6-14-9(12)7-5-13-7/h7H,3-6H2,1-2H3. The zero-order chi connectivity index (χ0) is 10.6. The Kier molecular flexibility index (Phi) is 3.88. The van der Waals surface area contributed by atoms with Gasteiger partial charge in [-0.15, -0.1) is 0 Å². The summed E-state index contributed by atoms with van der Waals surface area (Å²) in [4.78, 5) is 24.0. The van der Waals surface area contributed by atoms with Crippen LogP contribution in [0.3, 0.4) is 0 Å². The number of carbonyl (C=O) groups is 2. The van der Waals surface area contributed by atoms with Crippen molar-refractivity contribution in [2.75, 3.05) is 26.3 Å². The molecule has 1 fully saturated rings. The molecule has 0 saturated carbocycles. The summed E-state index contributed by atoms with van der Waals surface area (Å²) in [5.74, 6) is -0.602. The van der Waals surface area contributed by atoms with Gasteiger partial charge in [-0.05, 0) is 13.8 Å². The van der Waals surface area contributed by atoms with Crippen LogP contribution in [-0.2, 0) is 19.1 Å². The minimum absolute atomic E-state index is 0.163. The second kappa shape index (κ2) is 4.95. The molecule has 0 aromatic rings. The number of amides is 1. The van der Waals surface area contributed by atoms with Crippen molar-refractivity contribution in [2.45, 2.75) is 20.0 Å². The van der Waals surface area contributed by atoms with Crippen LogP contribution in [0.4, 0.5) is 0 Å². The van der Waals surface area contributed by atoms with Crippen LogP contribution in [0.1, 0.15) is 13.8 Å². The van der Waals surface area contributed by atoms with Crippen molar-refractivity contribution in [2.24, 2.45) is 0 Å². The second-order valence-electron chi connectivity index (χ2n) is 3.00. The molecule has 14 heavy (non-hydrogen) atoms. The van der Waals surface area contributed by atoms with Crippen LogP contribution in [0.5, 0.6) is 0 Å². The monoisotopic (exact) mass is 201 g/mol. The number of epoxide rings is 1. The van der Waals surface area contributed by atoms with E-state index in [1.807, 2.05) is 13.8 Å². The molecule has 0 aliphatic carbocycles. The highest BCUT2D eigenvalue weighted by Gasteiger charge is 2.33. The summed E-state index contributed by atoms with van der Waals surface area (Å²) < 4.78 is 9.47. The van der Waals surface area contributed by atoms with Crippen molar-refractivity contribution >= 4 is 11.9 Å². The molecule has 1 rings (SSSR count). The van der Waals surface area contributed by atoms with Gasteiger partial charge in [-0.1, -0.05) is 0 Å². The first-order valence-electron chi connectivity index (χ1n) is 4.75. The van der Waals surface area contributed by atoms with Crippen LogP contribution in [0.15, 0.2) is 0 Å². The molecular formula is C9H15NO4. The van der Waals surface area contributed by atoms with Crippen molar-refractivity contribution in [3.63, 3.8) is 0 Å². The summed E-state index contributed by atoms with van der Waals surface area (Å²) in [5.41, 5.74) is 0. The average Bonchev–Trinajstić information content (AvgIpc) is 2.99. The minimum Gasteiger partial charge on any atom is -0.454 e. The van der Waals surface area contributed by atoms with Crippen LogP contribution in [0.25, 0.3) is 0 Å². The summed E-state index contributed by atoms with van der Waals surface area (Å²) in [6.45, 7) is 5.26. The molecule has 1 unspecified atom stereocenters. The van der Waals surface area contributed by atoms with E-state index < -0.39 is 12.1 Å². The van der Waals surface area contributed by atoms with Crippen molar-refractivity contribution in [3.05, 3.63) is 0 Å². The normalized spacial score (nSPS) is 18.9. The van der Waals surface area contributed by atoms with Crippen LogP contribution in [0, 0.1) is 0 Å². The first-order chi connectivity index (χ1) is 6.69. The Bertz CT molecular complexity index is 221. The molecule has 0 N–H and O–H groups in total. The first kappa shape index (κ1) is 11.0. The third kappa shape index (κ3) is 2.99. The van der Waals surface area contributed by atoms with E-state index in [1.54, 1.807) is 4.90 Å². The van der Waals surface area contributed by atoms with E-state index in [9.17, 15) is 9.59 Å². The molecule has 1 aliphatic rings. The highest BCUT2D eigenvalue weighted by molar-refractivity contribution is 5.82. The molecule has 5 heteroatoms. The summed E-state index contributed by atoms with van der Waals surface area (Å²) in [5, 5.41) is 0. The lowest BCUT2D eigenvalue weighted by molar-refractivity contribution is -0.152. The first-order valence-corrected chi connectivity index (χ1v) is 4.75. The van der Waals surface area contributed by atoms with Gasteiger partial charge in [0.25, 0.3) is 5.91 Å². The molecule has 1 aliphatic heterocycles. The highest BCUT2D eigenvalue weighted by Crippen LogP contribution is 2.10. The lowest BCUT2D eigenvalue weighted by Gasteiger charge is -2.17. The molecule has 0 bridgehead atoms. The van der Waals surface area contributed by atoms with Crippen LogP contribution < -0.4 is 0 Å². The lowest BCUT2D eigenvalue weighted by atomic mass is 10.4. The van der Waals surface area contributed by atoms with Gasteiger partial charge in [0.1, 0.15) is 0 Å². The molecule has 1 heterocycles. The molecular weight excluding hydrogens is 186 g/mol. The molecule has 0 aromatic carbocycles. The van der Waals surface area contributed by atoms with Gasteiger partial charge in [0.15, 0.2) is 12.7 Å². The van der Waals surface area contributed by atoms with Crippen molar-refractivity contribution in [1.29, 1.82) is 0 Å². The summed E-state index contributed by atoms with van der Waals surface area (Å²) in [6, 6.07) is 0. The van der Waals surface area contributed by atoms with Gasteiger partial charge in [-0.25, -0.2) is 4.79 Å². The van der Waals surface area contributed by atoms with Crippen molar-refractivity contribution in [3.8, 4) is 0 Å². The Morgan fingerprint density at radius 2 is 2.00 bits per heavy atom. The third-order valence-electron chi connectivity index (χ3n) is 2.05. The molecule has 5 nitrogen and oxygen atoms in total. The fourth-order valence-electron chi connectivity index (χ4n) is 1.08. The maximum Gasteiger partial charge on any atom is 0.338 e. The number of hydrogen-bond donors (Lipinski definition) is 0. The molecule has 80 valence electrons. The molecule has 1 saturated heterocycles. The van der Waals surface area contributed by atoms with Gasteiger partial charge in [0.05, 0.1) is 6.61 Å². The largest absolute Gasteiger partial charge is 0.454 e. The molecule has 1 atom stereocenters. The smallest absolute Gasteiger partial charge is 0.338 e. The summed E-state index contributed by atoms with van der Waals surface area (Å²) >= 11 is 0. The average molecular weight is 201 g/mol. The maximum absolute atomic E-state index is 11.4. The van der Waals surface area contributed by atoms with Gasteiger partial charge in [0, 0.05) is 13.1 Å². The Morgan fingerprint density at radius 1 is 1.43 bits per heavy atom. The number of rotatable bonds is 5.